The normalized spacial score (nSPS) is 15.1. The zero-order valence-electron chi connectivity index (χ0n) is 13.4. The predicted octanol–water partition coefficient (Wildman–Crippen LogP) is 6.27. The highest BCUT2D eigenvalue weighted by molar-refractivity contribution is 9.26. The second-order valence-electron chi connectivity index (χ2n) is 6.54. The lowest BCUT2D eigenvalue weighted by molar-refractivity contribution is -0.136. The van der Waals surface area contributed by atoms with Gasteiger partial charge in [0.25, 0.3) is 0 Å². The van der Waals surface area contributed by atoms with E-state index in [1.165, 1.54) is 0 Å². The lowest BCUT2D eigenvalue weighted by atomic mass is 9.80. The number of rotatable bonds is 8. The SMILES string of the molecule is CC(C)(CBr)C(Br)(Br)/C(C(=O)O)=C(/C(=O)O)C(Br)(Br)C(C)(C)CBr. The van der Waals surface area contributed by atoms with E-state index in [9.17, 15) is 19.8 Å². The third-order valence-electron chi connectivity index (χ3n) is 3.67. The molecule has 0 heterocycles. The van der Waals surface area contributed by atoms with Crippen molar-refractivity contribution in [3.8, 4) is 0 Å². The van der Waals surface area contributed by atoms with Gasteiger partial charge in [0, 0.05) is 21.5 Å². The van der Waals surface area contributed by atoms with Crippen molar-refractivity contribution in [2.75, 3.05) is 10.7 Å². The minimum absolute atomic E-state index is 0.290. The molecule has 0 radical (unpaired) electrons. The van der Waals surface area contributed by atoms with Crippen LogP contribution in [0.4, 0.5) is 0 Å². The van der Waals surface area contributed by atoms with Crippen LogP contribution in [-0.4, -0.2) is 39.3 Å². The van der Waals surface area contributed by atoms with Crippen molar-refractivity contribution in [3.63, 3.8) is 0 Å². The Labute approximate surface area is 192 Å². The zero-order valence-corrected chi connectivity index (χ0v) is 22.9. The van der Waals surface area contributed by atoms with Crippen molar-refractivity contribution in [1.82, 2.24) is 0 Å². The van der Waals surface area contributed by atoms with Gasteiger partial charge in [-0.05, 0) is 0 Å². The Balaban J connectivity index is 7.00. The summed E-state index contributed by atoms with van der Waals surface area (Å²) < 4.78 is -2.57. The standard InChI is InChI=1S/C14H18Br6O4/c1-11(2,5-15)13(17,18)7(9(21)22)8(10(23)24)14(19,20)12(3,4)6-16/h5-6H2,1-4H3,(H,21,22)(H,23,24)/b8-7-. The number of aliphatic carboxylic acids is 2. The van der Waals surface area contributed by atoms with E-state index in [0.717, 1.165) is 0 Å². The summed E-state index contributed by atoms with van der Waals surface area (Å²) in [5.74, 6) is -2.66. The third-order valence-corrected chi connectivity index (χ3v) is 12.4. The molecule has 0 saturated heterocycles. The summed E-state index contributed by atoms with van der Waals surface area (Å²) in [5, 5.41) is 20.5. The van der Waals surface area contributed by atoms with Gasteiger partial charge in [0.05, 0.1) is 11.1 Å². The van der Waals surface area contributed by atoms with Crippen LogP contribution in [0.2, 0.25) is 0 Å². The third kappa shape index (κ3) is 4.88. The Morgan fingerprint density at radius 2 is 0.917 bits per heavy atom. The van der Waals surface area contributed by atoms with Gasteiger partial charge >= 0.3 is 11.9 Å². The van der Waals surface area contributed by atoms with E-state index in [2.05, 4.69) is 95.6 Å². The van der Waals surface area contributed by atoms with Gasteiger partial charge in [-0.1, -0.05) is 123 Å². The van der Waals surface area contributed by atoms with Crippen LogP contribution < -0.4 is 0 Å². The molecule has 140 valence electrons. The fourth-order valence-electron chi connectivity index (χ4n) is 1.64. The molecule has 2 N–H and O–H groups in total. The van der Waals surface area contributed by atoms with E-state index >= 15 is 0 Å². The van der Waals surface area contributed by atoms with Crippen LogP contribution in [0.5, 0.6) is 0 Å². The molecule has 0 amide bonds. The zero-order chi connectivity index (χ0) is 19.7. The molecule has 24 heavy (non-hydrogen) atoms. The van der Waals surface area contributed by atoms with Crippen molar-refractivity contribution in [2.24, 2.45) is 10.8 Å². The predicted molar refractivity (Wildman–Crippen MR) is 119 cm³/mol. The smallest absolute Gasteiger partial charge is 0.334 e. The highest BCUT2D eigenvalue weighted by Gasteiger charge is 2.55. The number of halogens is 6. The molecule has 0 spiro atoms. The van der Waals surface area contributed by atoms with Crippen LogP contribution in [-0.2, 0) is 9.59 Å². The van der Waals surface area contributed by atoms with Crippen molar-refractivity contribution in [2.45, 2.75) is 34.2 Å². The van der Waals surface area contributed by atoms with E-state index in [-0.39, 0.29) is 11.1 Å². The number of carboxylic acid groups (broad SMARTS) is 2. The van der Waals surface area contributed by atoms with Gasteiger partial charge in [-0.2, -0.15) is 0 Å². The quantitative estimate of drug-likeness (QED) is 0.229. The van der Waals surface area contributed by atoms with Gasteiger partial charge in [0.1, 0.15) is 6.47 Å². The maximum Gasteiger partial charge on any atom is 0.334 e. The van der Waals surface area contributed by atoms with Gasteiger partial charge < -0.3 is 10.2 Å². The van der Waals surface area contributed by atoms with Gasteiger partial charge in [-0.3, -0.25) is 0 Å². The Morgan fingerprint density at radius 1 is 0.708 bits per heavy atom. The Hall–Kier alpha value is 1.56. The van der Waals surface area contributed by atoms with Crippen LogP contribution in [0.1, 0.15) is 27.7 Å². The molecule has 0 bridgehead atoms. The second-order valence-corrected chi connectivity index (χ2v) is 14.6. The molecular formula is C14H18Br6O4. The number of carboxylic acids is 2. The Morgan fingerprint density at radius 3 is 1.04 bits per heavy atom. The van der Waals surface area contributed by atoms with Gasteiger partial charge in [-0.25, -0.2) is 9.59 Å². The molecule has 4 nitrogen and oxygen atoms in total. The first kappa shape index (κ1) is 25.6. The van der Waals surface area contributed by atoms with Gasteiger partial charge in [0.15, 0.2) is 0 Å². The molecule has 0 aliphatic carbocycles. The first-order valence-corrected chi connectivity index (χ1v) is 12.0. The summed E-state index contributed by atoms with van der Waals surface area (Å²) in [5.41, 5.74) is -1.89. The maximum absolute atomic E-state index is 12.1. The topological polar surface area (TPSA) is 74.6 Å². The Kier molecular flexibility index (Phi) is 9.28. The van der Waals surface area contributed by atoms with Gasteiger partial charge in [0.2, 0.25) is 0 Å². The fourth-order valence-corrected chi connectivity index (χ4v) is 6.02. The lowest BCUT2D eigenvalue weighted by Gasteiger charge is -2.42. The highest BCUT2D eigenvalue weighted by Crippen LogP contribution is 2.57. The molecule has 0 aliphatic rings. The minimum atomic E-state index is -1.33. The van der Waals surface area contributed by atoms with Crippen molar-refractivity contribution >= 4 is 108 Å². The van der Waals surface area contributed by atoms with E-state index in [1.807, 2.05) is 27.7 Å². The van der Waals surface area contributed by atoms with Crippen molar-refractivity contribution < 1.29 is 19.8 Å². The molecule has 0 rings (SSSR count). The molecule has 0 fully saturated rings. The molecule has 0 aliphatic heterocycles. The second kappa shape index (κ2) is 8.71. The maximum atomic E-state index is 12.1. The molecule has 0 atom stereocenters. The average molecular weight is 730 g/mol. The van der Waals surface area contributed by atoms with E-state index in [0.29, 0.717) is 10.7 Å². The molecule has 0 saturated carbocycles. The summed E-state index contributed by atoms with van der Waals surface area (Å²) >= 11 is 20.4. The van der Waals surface area contributed by atoms with Crippen LogP contribution >= 0.6 is 95.6 Å². The monoisotopic (exact) mass is 724 g/mol. The number of carbonyl (C=O) groups is 2. The summed E-state index contributed by atoms with van der Waals surface area (Å²) in [7, 11) is 0. The summed E-state index contributed by atoms with van der Waals surface area (Å²) in [6.45, 7) is 7.25. The van der Waals surface area contributed by atoms with Crippen LogP contribution in [0.15, 0.2) is 11.1 Å². The number of alkyl halides is 6. The lowest BCUT2D eigenvalue weighted by Crippen LogP contribution is -2.46. The molecule has 0 unspecified atom stereocenters. The minimum Gasteiger partial charge on any atom is -0.478 e. The van der Waals surface area contributed by atoms with Crippen molar-refractivity contribution in [1.29, 1.82) is 0 Å². The van der Waals surface area contributed by atoms with E-state index in [4.69, 9.17) is 0 Å². The first-order chi connectivity index (χ1) is 10.5. The summed E-state index contributed by atoms with van der Waals surface area (Å²) in [6.07, 6.45) is 0. The van der Waals surface area contributed by atoms with Gasteiger partial charge in [-0.15, -0.1) is 0 Å². The highest BCUT2D eigenvalue weighted by atomic mass is 79.9. The largest absolute Gasteiger partial charge is 0.478 e. The van der Waals surface area contributed by atoms with E-state index < -0.39 is 29.2 Å². The first-order valence-electron chi connectivity index (χ1n) is 6.60. The summed E-state index contributed by atoms with van der Waals surface area (Å²) in [6, 6.07) is 0. The molecule has 10 heteroatoms. The molecular weight excluding hydrogens is 712 g/mol. The van der Waals surface area contributed by atoms with Crippen LogP contribution in [0, 0.1) is 10.8 Å². The Bertz CT molecular complexity index is 503. The average Bonchev–Trinajstić information content (AvgIpc) is 2.42. The number of hydrogen-bond acceptors (Lipinski definition) is 2. The van der Waals surface area contributed by atoms with Crippen LogP contribution in [0.3, 0.4) is 0 Å². The molecule has 0 aromatic heterocycles. The van der Waals surface area contributed by atoms with Crippen LogP contribution in [0.25, 0.3) is 0 Å². The molecule has 0 aromatic carbocycles. The fraction of sp³-hybridized carbons (Fsp3) is 0.714. The molecule has 0 aromatic rings. The van der Waals surface area contributed by atoms with Crippen molar-refractivity contribution in [3.05, 3.63) is 11.1 Å². The van der Waals surface area contributed by atoms with E-state index in [1.54, 1.807) is 0 Å². The number of hydrogen-bond donors (Lipinski definition) is 2. The summed E-state index contributed by atoms with van der Waals surface area (Å²) in [4.78, 5) is 24.1.